The van der Waals surface area contributed by atoms with Crippen molar-refractivity contribution in [1.82, 2.24) is 14.9 Å². The smallest absolute Gasteiger partial charge is 0.247 e. The first-order chi connectivity index (χ1) is 10.8. The molecule has 1 aromatic heterocycles. The number of hydrogen-bond donors (Lipinski definition) is 2. The Morgan fingerprint density at radius 3 is 2.48 bits per heavy atom. The van der Waals surface area contributed by atoms with Gasteiger partial charge in [0, 0.05) is 25.8 Å². The van der Waals surface area contributed by atoms with Crippen LogP contribution >= 0.6 is 0 Å². The Morgan fingerprint density at radius 1 is 1.13 bits per heavy atom. The molecule has 6 heteroatoms. The molecule has 23 heavy (non-hydrogen) atoms. The Kier molecular flexibility index (Phi) is 4.83. The fourth-order valence-corrected chi connectivity index (χ4v) is 2.30. The van der Waals surface area contributed by atoms with E-state index < -0.39 is 5.54 Å². The predicted octanol–water partition coefficient (Wildman–Crippen LogP) is 2.81. The molecule has 1 aromatic carbocycles. The minimum atomic E-state index is -0.752. The van der Waals surface area contributed by atoms with Crippen molar-refractivity contribution in [2.75, 3.05) is 24.7 Å². The average Bonchev–Trinajstić information content (AvgIpc) is 2.46. The van der Waals surface area contributed by atoms with Crippen LogP contribution in [0.25, 0.3) is 0 Å². The van der Waals surface area contributed by atoms with Crippen LogP contribution in [0.2, 0.25) is 0 Å². The maximum absolute atomic E-state index is 12.2. The van der Waals surface area contributed by atoms with Gasteiger partial charge in [0.2, 0.25) is 5.91 Å². The maximum Gasteiger partial charge on any atom is 0.247 e. The van der Waals surface area contributed by atoms with Crippen LogP contribution in [0.5, 0.6) is 0 Å². The molecule has 0 saturated heterocycles. The monoisotopic (exact) mass is 313 g/mol. The number of nitrogens with one attached hydrogen (secondary N) is 2. The predicted molar refractivity (Wildman–Crippen MR) is 92.9 cm³/mol. The zero-order valence-electron chi connectivity index (χ0n) is 14.2. The lowest BCUT2D eigenvalue weighted by atomic mass is 10.0. The summed E-state index contributed by atoms with van der Waals surface area (Å²) in [5.41, 5.74) is 1.37. The van der Waals surface area contributed by atoms with Gasteiger partial charge in [-0.05, 0) is 38.5 Å². The van der Waals surface area contributed by atoms with Crippen LogP contribution in [-0.4, -0.2) is 40.4 Å². The van der Waals surface area contributed by atoms with Crippen LogP contribution < -0.4 is 10.6 Å². The number of rotatable bonds is 5. The summed E-state index contributed by atoms with van der Waals surface area (Å²) in [7, 11) is 3.47. The largest absolute Gasteiger partial charge is 0.356 e. The molecule has 0 unspecified atom stereocenters. The van der Waals surface area contributed by atoms with Gasteiger partial charge in [0.05, 0.1) is 0 Å². The van der Waals surface area contributed by atoms with E-state index in [0.29, 0.717) is 11.6 Å². The lowest BCUT2D eigenvalue weighted by Gasteiger charge is -2.28. The van der Waals surface area contributed by atoms with Crippen LogP contribution in [0.1, 0.15) is 19.4 Å². The fourth-order valence-electron chi connectivity index (χ4n) is 2.30. The van der Waals surface area contributed by atoms with Gasteiger partial charge in [-0.25, -0.2) is 9.97 Å². The van der Waals surface area contributed by atoms with E-state index in [1.165, 1.54) is 11.9 Å². The molecular weight excluding hydrogens is 290 g/mol. The van der Waals surface area contributed by atoms with E-state index in [0.717, 1.165) is 5.69 Å². The van der Waals surface area contributed by atoms with Gasteiger partial charge in [-0.3, -0.25) is 4.79 Å². The van der Waals surface area contributed by atoms with E-state index in [9.17, 15) is 4.79 Å². The molecule has 0 bridgehead atoms. The Hall–Kier alpha value is -2.63. The molecule has 2 N–H and O–H groups in total. The molecule has 122 valence electrons. The highest BCUT2D eigenvalue weighted by Gasteiger charge is 2.29. The van der Waals surface area contributed by atoms with Gasteiger partial charge in [0.25, 0.3) is 0 Å². The van der Waals surface area contributed by atoms with Crippen molar-refractivity contribution in [3.63, 3.8) is 0 Å². The number of hydrogen-bond acceptors (Lipinski definition) is 5. The normalized spacial score (nSPS) is 11.0. The molecule has 0 aliphatic carbocycles. The van der Waals surface area contributed by atoms with Crippen molar-refractivity contribution in [3.8, 4) is 0 Å². The second-order valence-corrected chi connectivity index (χ2v) is 6.23. The minimum Gasteiger partial charge on any atom is -0.356 e. The minimum absolute atomic E-state index is 0.0238. The summed E-state index contributed by atoms with van der Waals surface area (Å²) in [6, 6.07) is 9.81. The van der Waals surface area contributed by atoms with Gasteiger partial charge < -0.3 is 15.5 Å². The number of anilines is 3. The molecule has 0 aliphatic rings. The van der Waals surface area contributed by atoms with E-state index in [1.807, 2.05) is 45.0 Å². The Bertz CT molecular complexity index is 697. The molecule has 2 aromatic rings. The van der Waals surface area contributed by atoms with Crippen LogP contribution in [0.15, 0.2) is 36.7 Å². The first-order valence-electron chi connectivity index (χ1n) is 7.43. The van der Waals surface area contributed by atoms with E-state index in [2.05, 4.69) is 20.6 Å². The zero-order chi connectivity index (χ0) is 17.0. The SMILES string of the molecule is Cc1cccc(Nc2cc(NC(C)(C)C(=O)N(C)C)ncn2)c1. The van der Waals surface area contributed by atoms with Gasteiger partial charge in [-0.15, -0.1) is 0 Å². The van der Waals surface area contributed by atoms with Crippen LogP contribution in [-0.2, 0) is 4.79 Å². The molecule has 1 heterocycles. The summed E-state index contributed by atoms with van der Waals surface area (Å²) >= 11 is 0. The van der Waals surface area contributed by atoms with E-state index >= 15 is 0 Å². The number of likely N-dealkylation sites (N-methyl/N-ethyl adjacent to an activating group) is 1. The summed E-state index contributed by atoms with van der Waals surface area (Å²) in [5.74, 6) is 1.24. The third-order valence-electron chi connectivity index (χ3n) is 3.34. The van der Waals surface area contributed by atoms with E-state index in [4.69, 9.17) is 0 Å². The fraction of sp³-hybridized carbons (Fsp3) is 0.353. The number of carbonyl (C=O) groups excluding carboxylic acids is 1. The van der Waals surface area contributed by atoms with Crippen molar-refractivity contribution in [2.45, 2.75) is 26.3 Å². The summed E-state index contributed by atoms with van der Waals surface area (Å²) in [4.78, 5) is 22.2. The summed E-state index contributed by atoms with van der Waals surface area (Å²) in [6.07, 6.45) is 1.47. The van der Waals surface area contributed by atoms with Crippen LogP contribution in [0.3, 0.4) is 0 Å². The van der Waals surface area contributed by atoms with Gasteiger partial charge >= 0.3 is 0 Å². The average molecular weight is 313 g/mol. The molecule has 0 aliphatic heterocycles. The summed E-state index contributed by atoms with van der Waals surface area (Å²) < 4.78 is 0. The highest BCUT2D eigenvalue weighted by atomic mass is 16.2. The lowest BCUT2D eigenvalue weighted by molar-refractivity contribution is -0.132. The Labute approximate surface area is 137 Å². The van der Waals surface area contributed by atoms with Crippen molar-refractivity contribution in [1.29, 1.82) is 0 Å². The number of benzene rings is 1. The van der Waals surface area contributed by atoms with Crippen molar-refractivity contribution < 1.29 is 4.79 Å². The molecule has 2 rings (SSSR count). The molecule has 0 spiro atoms. The number of aromatic nitrogens is 2. The van der Waals surface area contributed by atoms with Gasteiger partial charge in [0.15, 0.2) is 0 Å². The zero-order valence-corrected chi connectivity index (χ0v) is 14.2. The Balaban J connectivity index is 2.15. The molecule has 0 atom stereocenters. The van der Waals surface area contributed by atoms with Gasteiger partial charge in [-0.1, -0.05) is 12.1 Å². The molecule has 6 nitrogen and oxygen atoms in total. The first kappa shape index (κ1) is 16.7. The van der Waals surface area contributed by atoms with Crippen LogP contribution in [0.4, 0.5) is 17.3 Å². The summed E-state index contributed by atoms with van der Waals surface area (Å²) in [5, 5.41) is 6.39. The number of aryl methyl sites for hydroxylation is 1. The standard InChI is InChI=1S/C17H23N5O/c1-12-7-6-8-13(9-12)20-14-10-15(19-11-18-14)21-17(2,3)16(23)22(4)5/h6-11H,1-5H3,(H2,18,19,20,21). The number of nitrogens with zero attached hydrogens (tertiary/aromatic N) is 3. The topological polar surface area (TPSA) is 70.2 Å². The van der Waals surface area contributed by atoms with Gasteiger partial charge in [0.1, 0.15) is 23.5 Å². The highest BCUT2D eigenvalue weighted by molar-refractivity contribution is 5.88. The molecule has 0 radical (unpaired) electrons. The molecule has 0 saturated carbocycles. The van der Waals surface area contributed by atoms with E-state index in [-0.39, 0.29) is 5.91 Å². The molecule has 0 fully saturated rings. The van der Waals surface area contributed by atoms with Gasteiger partial charge in [-0.2, -0.15) is 0 Å². The maximum atomic E-state index is 12.2. The lowest BCUT2D eigenvalue weighted by Crippen LogP contribution is -2.47. The second kappa shape index (κ2) is 6.64. The summed E-state index contributed by atoms with van der Waals surface area (Å²) in [6.45, 7) is 5.68. The third kappa shape index (κ3) is 4.42. The second-order valence-electron chi connectivity index (χ2n) is 6.23. The number of amides is 1. The van der Waals surface area contributed by atoms with Crippen molar-refractivity contribution in [3.05, 3.63) is 42.2 Å². The first-order valence-corrected chi connectivity index (χ1v) is 7.43. The van der Waals surface area contributed by atoms with Crippen molar-refractivity contribution in [2.24, 2.45) is 0 Å². The highest BCUT2D eigenvalue weighted by Crippen LogP contribution is 2.20. The Morgan fingerprint density at radius 2 is 1.83 bits per heavy atom. The third-order valence-corrected chi connectivity index (χ3v) is 3.34. The number of carbonyl (C=O) groups is 1. The molecular formula is C17H23N5O. The van der Waals surface area contributed by atoms with Crippen molar-refractivity contribution >= 4 is 23.2 Å². The van der Waals surface area contributed by atoms with Crippen LogP contribution in [0, 0.1) is 6.92 Å². The van der Waals surface area contributed by atoms with E-state index in [1.54, 1.807) is 25.1 Å². The molecule has 1 amide bonds. The quantitative estimate of drug-likeness (QED) is 0.888.